The number of nitro groups is 1. The fraction of sp³-hybridized carbons (Fsp3) is 0.538. The third kappa shape index (κ3) is 2.78. The first-order valence-corrected chi connectivity index (χ1v) is 6.35. The molecule has 1 aliphatic heterocycles. The van der Waals surface area contributed by atoms with Crippen LogP contribution in [0.5, 0.6) is 5.75 Å². The van der Waals surface area contributed by atoms with Gasteiger partial charge >= 0.3 is 0 Å². The number of benzene rings is 1. The fourth-order valence-electron chi connectivity index (χ4n) is 2.37. The summed E-state index contributed by atoms with van der Waals surface area (Å²) in [5.41, 5.74) is 0.756. The number of ether oxygens (including phenoxy) is 1. The average molecular weight is 265 g/mol. The molecule has 0 aromatic heterocycles. The van der Waals surface area contributed by atoms with Gasteiger partial charge in [-0.15, -0.1) is 0 Å². The number of hydrogen-bond acceptors (Lipinski definition) is 5. The summed E-state index contributed by atoms with van der Waals surface area (Å²) in [4.78, 5) is 12.9. The zero-order valence-corrected chi connectivity index (χ0v) is 11.4. The minimum atomic E-state index is -0.339. The molecule has 2 rings (SSSR count). The van der Waals surface area contributed by atoms with Crippen molar-refractivity contribution >= 4 is 11.4 Å². The van der Waals surface area contributed by atoms with Crippen molar-refractivity contribution in [3.05, 3.63) is 28.3 Å². The quantitative estimate of drug-likeness (QED) is 0.666. The lowest BCUT2D eigenvalue weighted by molar-refractivity contribution is -0.384. The maximum absolute atomic E-state index is 11.2. The van der Waals surface area contributed by atoms with Crippen LogP contribution in [0.15, 0.2) is 18.2 Å². The molecule has 0 amide bonds. The van der Waals surface area contributed by atoms with Gasteiger partial charge in [0.1, 0.15) is 11.4 Å². The molecule has 0 radical (unpaired) electrons. The summed E-state index contributed by atoms with van der Waals surface area (Å²) in [6.07, 6.45) is 0. The number of piperazine rings is 1. The molecule has 1 aromatic rings. The van der Waals surface area contributed by atoms with Gasteiger partial charge in [0.25, 0.3) is 5.69 Å². The molecule has 0 bridgehead atoms. The monoisotopic (exact) mass is 265 g/mol. The number of rotatable bonds is 3. The van der Waals surface area contributed by atoms with E-state index in [1.807, 2.05) is 0 Å². The molecule has 6 heteroatoms. The van der Waals surface area contributed by atoms with Gasteiger partial charge in [0.05, 0.1) is 12.0 Å². The van der Waals surface area contributed by atoms with Crippen LogP contribution >= 0.6 is 0 Å². The number of nitrogens with zero attached hydrogens (tertiary/aromatic N) is 2. The molecule has 1 N–H and O–H groups in total. The molecule has 0 spiro atoms. The maximum Gasteiger partial charge on any atom is 0.292 e. The van der Waals surface area contributed by atoms with Crippen molar-refractivity contribution in [3.8, 4) is 5.75 Å². The summed E-state index contributed by atoms with van der Waals surface area (Å²) in [6, 6.07) is 5.39. The van der Waals surface area contributed by atoms with Gasteiger partial charge in [-0.05, 0) is 19.9 Å². The van der Waals surface area contributed by atoms with E-state index in [-0.39, 0.29) is 16.7 Å². The Balaban J connectivity index is 2.42. The van der Waals surface area contributed by atoms with Crippen molar-refractivity contribution in [2.75, 3.05) is 25.1 Å². The molecule has 1 fully saturated rings. The topological polar surface area (TPSA) is 67.6 Å². The highest BCUT2D eigenvalue weighted by Crippen LogP contribution is 2.34. The Hall–Kier alpha value is -1.82. The molecule has 2 unspecified atom stereocenters. The summed E-state index contributed by atoms with van der Waals surface area (Å²) in [5.74, 6) is 0.638. The second kappa shape index (κ2) is 5.44. The first-order valence-electron chi connectivity index (χ1n) is 6.35. The van der Waals surface area contributed by atoms with Gasteiger partial charge < -0.3 is 15.0 Å². The van der Waals surface area contributed by atoms with E-state index in [2.05, 4.69) is 24.1 Å². The van der Waals surface area contributed by atoms with E-state index in [0.29, 0.717) is 17.5 Å². The van der Waals surface area contributed by atoms with E-state index in [9.17, 15) is 10.1 Å². The van der Waals surface area contributed by atoms with Crippen LogP contribution in [0.3, 0.4) is 0 Å². The van der Waals surface area contributed by atoms with Crippen LogP contribution in [0.4, 0.5) is 11.4 Å². The fourth-order valence-corrected chi connectivity index (χ4v) is 2.37. The zero-order valence-electron chi connectivity index (χ0n) is 11.4. The van der Waals surface area contributed by atoms with Crippen molar-refractivity contribution in [3.63, 3.8) is 0 Å². The normalized spacial score (nSPS) is 23.2. The predicted octanol–water partition coefficient (Wildman–Crippen LogP) is 1.79. The highest BCUT2D eigenvalue weighted by atomic mass is 16.6. The lowest BCUT2D eigenvalue weighted by Gasteiger charge is -2.38. The summed E-state index contributed by atoms with van der Waals surface area (Å²) >= 11 is 0. The lowest BCUT2D eigenvalue weighted by Crippen LogP contribution is -2.54. The third-order valence-corrected chi connectivity index (χ3v) is 3.45. The van der Waals surface area contributed by atoms with Crippen LogP contribution in [0.25, 0.3) is 0 Å². The molecule has 19 heavy (non-hydrogen) atoms. The van der Waals surface area contributed by atoms with E-state index in [0.717, 1.165) is 13.1 Å². The molecule has 1 aliphatic rings. The minimum absolute atomic E-state index is 0.127. The van der Waals surface area contributed by atoms with Gasteiger partial charge in [0.2, 0.25) is 0 Å². The Labute approximate surface area is 112 Å². The SMILES string of the molecule is COc1ccc([N+](=O)[O-])c(N2CC(C)NCC2C)c1. The maximum atomic E-state index is 11.2. The lowest BCUT2D eigenvalue weighted by atomic mass is 10.1. The molecule has 2 atom stereocenters. The number of anilines is 1. The average Bonchev–Trinajstić information content (AvgIpc) is 2.40. The van der Waals surface area contributed by atoms with Gasteiger partial charge in [0.15, 0.2) is 0 Å². The molecular weight excluding hydrogens is 246 g/mol. The summed E-state index contributed by atoms with van der Waals surface area (Å²) in [5, 5.41) is 14.5. The van der Waals surface area contributed by atoms with E-state index in [1.54, 1.807) is 19.2 Å². The number of nitrogens with one attached hydrogen (secondary N) is 1. The Morgan fingerprint density at radius 2 is 2.21 bits per heavy atom. The van der Waals surface area contributed by atoms with Crippen molar-refractivity contribution < 1.29 is 9.66 Å². The first kappa shape index (κ1) is 13.6. The molecule has 0 aliphatic carbocycles. The number of hydrogen-bond donors (Lipinski definition) is 1. The van der Waals surface area contributed by atoms with Gasteiger partial charge in [-0.3, -0.25) is 10.1 Å². The van der Waals surface area contributed by atoms with E-state index in [1.165, 1.54) is 6.07 Å². The standard InChI is InChI=1S/C13H19N3O3/c1-9-8-15(10(2)7-14-9)13-6-11(19-3)4-5-12(13)16(17)18/h4-6,9-10,14H,7-8H2,1-3H3. The second-order valence-electron chi connectivity index (χ2n) is 4.92. The molecule has 1 heterocycles. The number of nitro benzene ring substituents is 1. The summed E-state index contributed by atoms with van der Waals surface area (Å²) in [7, 11) is 1.56. The minimum Gasteiger partial charge on any atom is -0.497 e. The Kier molecular flexibility index (Phi) is 3.90. The van der Waals surface area contributed by atoms with Gasteiger partial charge in [-0.25, -0.2) is 0 Å². The van der Waals surface area contributed by atoms with Crippen molar-refractivity contribution in [1.82, 2.24) is 5.32 Å². The van der Waals surface area contributed by atoms with Gasteiger partial charge in [0, 0.05) is 37.3 Å². The summed E-state index contributed by atoms with van der Waals surface area (Å²) in [6.45, 7) is 5.69. The predicted molar refractivity (Wildman–Crippen MR) is 73.9 cm³/mol. The van der Waals surface area contributed by atoms with E-state index in [4.69, 9.17) is 4.74 Å². The highest BCUT2D eigenvalue weighted by Gasteiger charge is 2.28. The van der Waals surface area contributed by atoms with Crippen LogP contribution in [0, 0.1) is 10.1 Å². The Bertz CT molecular complexity index is 478. The number of methoxy groups -OCH3 is 1. The van der Waals surface area contributed by atoms with Crippen LogP contribution < -0.4 is 15.0 Å². The van der Waals surface area contributed by atoms with Crippen molar-refractivity contribution in [2.24, 2.45) is 0 Å². The van der Waals surface area contributed by atoms with Crippen LogP contribution in [-0.4, -0.2) is 37.2 Å². The molecule has 0 saturated carbocycles. The Morgan fingerprint density at radius 3 is 2.84 bits per heavy atom. The van der Waals surface area contributed by atoms with Crippen molar-refractivity contribution in [2.45, 2.75) is 25.9 Å². The molecular formula is C13H19N3O3. The van der Waals surface area contributed by atoms with Gasteiger partial charge in [-0.1, -0.05) is 0 Å². The third-order valence-electron chi connectivity index (χ3n) is 3.45. The van der Waals surface area contributed by atoms with Crippen LogP contribution in [0.1, 0.15) is 13.8 Å². The molecule has 1 saturated heterocycles. The van der Waals surface area contributed by atoms with E-state index >= 15 is 0 Å². The van der Waals surface area contributed by atoms with Crippen molar-refractivity contribution in [1.29, 1.82) is 0 Å². The second-order valence-corrected chi connectivity index (χ2v) is 4.92. The molecule has 1 aromatic carbocycles. The molecule has 6 nitrogen and oxygen atoms in total. The van der Waals surface area contributed by atoms with E-state index < -0.39 is 0 Å². The Morgan fingerprint density at radius 1 is 1.47 bits per heavy atom. The largest absolute Gasteiger partial charge is 0.497 e. The van der Waals surface area contributed by atoms with Gasteiger partial charge in [-0.2, -0.15) is 0 Å². The highest BCUT2D eigenvalue weighted by molar-refractivity contribution is 5.66. The van der Waals surface area contributed by atoms with Crippen LogP contribution in [-0.2, 0) is 0 Å². The zero-order chi connectivity index (χ0) is 14.0. The first-order chi connectivity index (χ1) is 9.02. The van der Waals surface area contributed by atoms with Crippen LogP contribution in [0.2, 0.25) is 0 Å². The summed E-state index contributed by atoms with van der Waals surface area (Å²) < 4.78 is 5.18. The smallest absolute Gasteiger partial charge is 0.292 e. The molecule has 104 valence electrons.